The fourth-order valence-electron chi connectivity index (χ4n) is 5.83. The number of aryl methyl sites for hydroxylation is 1. The second-order valence-corrected chi connectivity index (χ2v) is 10.2. The molecule has 0 radical (unpaired) electrons. The number of hydrogen-bond donors (Lipinski definition) is 0. The minimum Gasteiger partial charge on any atom is -0.309 e. The van der Waals surface area contributed by atoms with E-state index in [1.54, 1.807) is 0 Å². The Balaban J connectivity index is 1.39. The van der Waals surface area contributed by atoms with Gasteiger partial charge in [0.25, 0.3) is 0 Å². The van der Waals surface area contributed by atoms with E-state index in [2.05, 4.69) is 115 Å². The van der Waals surface area contributed by atoms with Crippen molar-refractivity contribution in [3.8, 4) is 45.1 Å². The summed E-state index contributed by atoms with van der Waals surface area (Å²) >= 11 is 0. The molecule has 0 saturated carbocycles. The van der Waals surface area contributed by atoms with E-state index in [9.17, 15) is 5.26 Å². The summed E-state index contributed by atoms with van der Waals surface area (Å²) in [6.45, 7) is 2.14. The topological polar surface area (TPSA) is 28.7 Å². The van der Waals surface area contributed by atoms with Gasteiger partial charge >= 0.3 is 0 Å². The van der Waals surface area contributed by atoms with Gasteiger partial charge in [-0.2, -0.15) is 5.26 Å². The van der Waals surface area contributed by atoms with Crippen LogP contribution in [-0.4, -0.2) is 4.57 Å². The Morgan fingerprint density at radius 2 is 1.18 bits per heavy atom. The predicted molar refractivity (Wildman–Crippen MR) is 167 cm³/mol. The largest absolute Gasteiger partial charge is 0.309 e. The van der Waals surface area contributed by atoms with E-state index < -0.39 is 0 Å². The normalized spacial score (nSPS) is 11.1. The van der Waals surface area contributed by atoms with Crippen LogP contribution in [0.1, 0.15) is 11.1 Å². The molecule has 6 aromatic carbocycles. The minimum absolute atomic E-state index is 0.671. The van der Waals surface area contributed by atoms with Crippen molar-refractivity contribution in [3.05, 3.63) is 151 Å². The van der Waals surface area contributed by atoms with Crippen LogP contribution in [0.4, 0.5) is 0 Å². The standard InChI is InChI=1S/C38H26N2/c1-26-16-21-37-35(22-26)33-14-8-9-15-36(33)40(37)32-19-17-27(18-20-32)30-23-31(25-39)38(29-12-6-3-7-13-29)34(24-30)28-10-4-2-5-11-28/h2-24H,1H3. The van der Waals surface area contributed by atoms with E-state index in [-0.39, 0.29) is 0 Å². The van der Waals surface area contributed by atoms with Gasteiger partial charge < -0.3 is 4.57 Å². The second kappa shape index (κ2) is 9.73. The fraction of sp³-hybridized carbons (Fsp3) is 0.0263. The minimum atomic E-state index is 0.671. The number of nitriles is 1. The van der Waals surface area contributed by atoms with Gasteiger partial charge in [-0.15, -0.1) is 0 Å². The smallest absolute Gasteiger partial charge is 0.0998 e. The zero-order chi connectivity index (χ0) is 27.1. The third-order valence-corrected chi connectivity index (χ3v) is 7.69. The Morgan fingerprint density at radius 1 is 0.525 bits per heavy atom. The Kier molecular flexibility index (Phi) is 5.77. The number of nitrogens with zero attached hydrogens (tertiary/aromatic N) is 2. The van der Waals surface area contributed by atoms with E-state index in [0.29, 0.717) is 5.56 Å². The summed E-state index contributed by atoms with van der Waals surface area (Å²) in [5.41, 5.74) is 11.7. The van der Waals surface area contributed by atoms with Crippen molar-refractivity contribution in [2.75, 3.05) is 0 Å². The number of aromatic nitrogens is 1. The van der Waals surface area contributed by atoms with Crippen LogP contribution in [0.25, 0.3) is 60.9 Å². The molecule has 0 N–H and O–H groups in total. The number of fused-ring (bicyclic) bond motifs is 3. The molecule has 0 fully saturated rings. The first kappa shape index (κ1) is 23.7. The highest BCUT2D eigenvalue weighted by molar-refractivity contribution is 6.09. The molecule has 0 amide bonds. The molecule has 2 nitrogen and oxygen atoms in total. The van der Waals surface area contributed by atoms with Crippen LogP contribution < -0.4 is 0 Å². The van der Waals surface area contributed by atoms with Crippen molar-refractivity contribution in [1.29, 1.82) is 5.26 Å². The Hall–Kier alpha value is -5.39. The lowest BCUT2D eigenvalue weighted by atomic mass is 9.87. The molecule has 7 aromatic rings. The van der Waals surface area contributed by atoms with Gasteiger partial charge in [0.05, 0.1) is 22.7 Å². The average molecular weight is 511 g/mol. The molecule has 40 heavy (non-hydrogen) atoms. The lowest BCUT2D eigenvalue weighted by Crippen LogP contribution is -1.95. The summed E-state index contributed by atoms with van der Waals surface area (Å²) in [4.78, 5) is 0. The van der Waals surface area contributed by atoms with E-state index in [0.717, 1.165) is 39.1 Å². The van der Waals surface area contributed by atoms with Crippen LogP contribution in [0.5, 0.6) is 0 Å². The van der Waals surface area contributed by atoms with Crippen LogP contribution in [0.3, 0.4) is 0 Å². The van der Waals surface area contributed by atoms with E-state index in [1.807, 2.05) is 42.5 Å². The summed E-state index contributed by atoms with van der Waals surface area (Å²) < 4.78 is 2.34. The number of hydrogen-bond acceptors (Lipinski definition) is 1. The van der Waals surface area contributed by atoms with Crippen molar-refractivity contribution in [1.82, 2.24) is 4.57 Å². The third-order valence-electron chi connectivity index (χ3n) is 7.69. The Morgan fingerprint density at radius 3 is 1.90 bits per heavy atom. The molecule has 0 unspecified atom stereocenters. The van der Waals surface area contributed by atoms with E-state index >= 15 is 0 Å². The van der Waals surface area contributed by atoms with E-state index in [4.69, 9.17) is 0 Å². The molecule has 188 valence electrons. The molecular formula is C38H26N2. The summed E-state index contributed by atoms with van der Waals surface area (Å²) in [5, 5.41) is 12.8. The number of benzene rings is 6. The molecule has 1 aromatic heterocycles. The summed E-state index contributed by atoms with van der Waals surface area (Å²) in [7, 11) is 0. The summed E-state index contributed by atoms with van der Waals surface area (Å²) in [5.74, 6) is 0. The van der Waals surface area contributed by atoms with Gasteiger partial charge in [0.1, 0.15) is 0 Å². The van der Waals surface area contributed by atoms with Crippen molar-refractivity contribution in [2.24, 2.45) is 0 Å². The molecule has 0 aliphatic heterocycles. The molecule has 0 aliphatic carbocycles. The first-order valence-corrected chi connectivity index (χ1v) is 13.5. The molecule has 0 bridgehead atoms. The number of rotatable bonds is 4. The molecule has 0 saturated heterocycles. The highest BCUT2D eigenvalue weighted by Gasteiger charge is 2.16. The maximum Gasteiger partial charge on any atom is 0.0998 e. The highest BCUT2D eigenvalue weighted by Crippen LogP contribution is 2.39. The van der Waals surface area contributed by atoms with Gasteiger partial charge in [-0.25, -0.2) is 0 Å². The van der Waals surface area contributed by atoms with Crippen molar-refractivity contribution in [3.63, 3.8) is 0 Å². The molecular weight excluding hydrogens is 484 g/mol. The lowest BCUT2D eigenvalue weighted by molar-refractivity contribution is 1.18. The summed E-state index contributed by atoms with van der Waals surface area (Å²) in [6, 6.07) is 51.2. The molecule has 0 aliphatic rings. The Bertz CT molecular complexity index is 2040. The quantitative estimate of drug-likeness (QED) is 0.232. The molecule has 0 spiro atoms. The SMILES string of the molecule is Cc1ccc2c(c1)c1ccccc1n2-c1ccc(-c2cc(C#N)c(-c3ccccc3)c(-c3ccccc3)c2)cc1. The maximum absolute atomic E-state index is 10.3. The summed E-state index contributed by atoms with van der Waals surface area (Å²) in [6.07, 6.45) is 0. The first-order valence-electron chi connectivity index (χ1n) is 13.5. The van der Waals surface area contributed by atoms with Gasteiger partial charge in [-0.1, -0.05) is 103 Å². The maximum atomic E-state index is 10.3. The third kappa shape index (κ3) is 3.97. The average Bonchev–Trinajstić information content (AvgIpc) is 3.35. The fourth-order valence-corrected chi connectivity index (χ4v) is 5.83. The monoisotopic (exact) mass is 510 g/mol. The van der Waals surface area contributed by atoms with Gasteiger partial charge in [0, 0.05) is 22.0 Å². The zero-order valence-corrected chi connectivity index (χ0v) is 22.2. The van der Waals surface area contributed by atoms with Gasteiger partial charge in [0.2, 0.25) is 0 Å². The predicted octanol–water partition coefficient (Wildman–Crippen LogP) is 9.96. The van der Waals surface area contributed by atoms with Crippen LogP contribution in [0.2, 0.25) is 0 Å². The molecule has 0 atom stereocenters. The van der Waals surface area contributed by atoms with Crippen LogP contribution in [0.15, 0.2) is 140 Å². The Labute approximate surface area is 234 Å². The van der Waals surface area contributed by atoms with Crippen LogP contribution in [0, 0.1) is 18.3 Å². The molecule has 2 heteroatoms. The van der Waals surface area contributed by atoms with Gasteiger partial charge in [-0.05, 0) is 77.2 Å². The zero-order valence-electron chi connectivity index (χ0n) is 22.2. The lowest BCUT2D eigenvalue weighted by Gasteiger charge is -2.16. The highest BCUT2D eigenvalue weighted by atomic mass is 15.0. The van der Waals surface area contributed by atoms with Crippen LogP contribution >= 0.6 is 0 Å². The van der Waals surface area contributed by atoms with Crippen LogP contribution in [-0.2, 0) is 0 Å². The first-order chi connectivity index (χ1) is 19.7. The van der Waals surface area contributed by atoms with Crippen molar-refractivity contribution < 1.29 is 0 Å². The molecule has 1 heterocycles. The molecule has 7 rings (SSSR count). The van der Waals surface area contributed by atoms with Gasteiger partial charge in [-0.3, -0.25) is 0 Å². The van der Waals surface area contributed by atoms with E-state index in [1.165, 1.54) is 27.4 Å². The second-order valence-electron chi connectivity index (χ2n) is 10.2. The van der Waals surface area contributed by atoms with Gasteiger partial charge in [0.15, 0.2) is 0 Å². The number of para-hydroxylation sites is 1. The van der Waals surface area contributed by atoms with Crippen molar-refractivity contribution >= 4 is 21.8 Å². The van der Waals surface area contributed by atoms with Crippen molar-refractivity contribution in [2.45, 2.75) is 6.92 Å².